The van der Waals surface area contributed by atoms with Crippen LogP contribution in [0, 0.1) is 10.1 Å². The highest BCUT2D eigenvalue weighted by Crippen LogP contribution is 2.22. The second-order valence-electron chi connectivity index (χ2n) is 7.27. The van der Waals surface area contributed by atoms with Crippen LogP contribution in [0.3, 0.4) is 0 Å². The van der Waals surface area contributed by atoms with E-state index in [1.807, 2.05) is 0 Å². The molecule has 2 aromatic carbocycles. The molecule has 1 aliphatic rings. The highest BCUT2D eigenvalue weighted by molar-refractivity contribution is 7.84. The number of furan rings is 1. The summed E-state index contributed by atoms with van der Waals surface area (Å²) in [6, 6.07) is 16.5. The second-order valence-corrected chi connectivity index (χ2v) is 9.15. The zero-order valence-corrected chi connectivity index (χ0v) is 18.6. The maximum atomic E-state index is 12.8. The molecule has 1 fully saturated rings. The van der Waals surface area contributed by atoms with Crippen molar-refractivity contribution in [3.8, 4) is 0 Å². The van der Waals surface area contributed by atoms with Crippen molar-refractivity contribution >= 4 is 39.7 Å². The van der Waals surface area contributed by atoms with Crippen LogP contribution < -0.4 is 4.90 Å². The minimum Gasteiger partial charge on any atom is -0.455 e. The summed E-state index contributed by atoms with van der Waals surface area (Å²) < 4.78 is 18.2. The summed E-state index contributed by atoms with van der Waals surface area (Å²) in [4.78, 5) is 27.6. The summed E-state index contributed by atoms with van der Waals surface area (Å²) in [5.41, 5.74) is 0.930. The van der Waals surface area contributed by atoms with Gasteiger partial charge in [-0.25, -0.2) is 0 Å². The quantitative estimate of drug-likeness (QED) is 0.394. The third kappa shape index (κ3) is 5.00. The highest BCUT2D eigenvalue weighted by Gasteiger charge is 2.25. The number of carbonyl (C=O) groups excluding carboxylic acids is 1. The van der Waals surface area contributed by atoms with Crippen LogP contribution in [0.15, 0.2) is 70.0 Å². The molecule has 0 aliphatic carbocycles. The minimum atomic E-state index is -1.33. The summed E-state index contributed by atoms with van der Waals surface area (Å²) in [6.07, 6.45) is 0. The molecule has 2 heterocycles. The van der Waals surface area contributed by atoms with Gasteiger partial charge in [-0.05, 0) is 42.5 Å². The average Bonchev–Trinajstić information content (AvgIpc) is 3.27. The zero-order valence-electron chi connectivity index (χ0n) is 17.0. The number of rotatable bonds is 6. The number of nitro benzene ring substituents is 1. The molecular formula is C22H20ClN3O5S. The Bertz CT molecular complexity index is 1160. The van der Waals surface area contributed by atoms with E-state index in [1.165, 1.54) is 12.1 Å². The molecule has 1 atom stereocenters. The van der Waals surface area contributed by atoms with Crippen LogP contribution in [0.2, 0.25) is 5.02 Å². The normalized spacial score (nSPS) is 14.9. The molecule has 1 amide bonds. The van der Waals surface area contributed by atoms with Crippen molar-refractivity contribution in [2.75, 3.05) is 31.1 Å². The Labute approximate surface area is 192 Å². The van der Waals surface area contributed by atoms with Crippen LogP contribution in [0.5, 0.6) is 0 Å². The zero-order chi connectivity index (χ0) is 22.7. The SMILES string of the molecule is O=C(c1ccc(C[S@](=O)c2cccc(Cl)c2)o1)N1CCN(c2ccc([N+](=O)[O-])cc2)CC1. The molecule has 0 saturated carbocycles. The molecule has 8 nitrogen and oxygen atoms in total. The third-order valence-corrected chi connectivity index (χ3v) is 6.76. The Morgan fingerprint density at radius 1 is 1.06 bits per heavy atom. The number of amides is 1. The molecule has 1 saturated heterocycles. The maximum Gasteiger partial charge on any atom is 0.289 e. The molecule has 10 heteroatoms. The van der Waals surface area contributed by atoms with Crippen LogP contribution in [0.4, 0.5) is 11.4 Å². The summed E-state index contributed by atoms with van der Waals surface area (Å²) in [7, 11) is -1.33. The predicted molar refractivity (Wildman–Crippen MR) is 121 cm³/mol. The lowest BCUT2D eigenvalue weighted by atomic mass is 10.2. The lowest BCUT2D eigenvalue weighted by Crippen LogP contribution is -2.48. The number of nitrogens with zero attached hydrogens (tertiary/aromatic N) is 3. The second kappa shape index (κ2) is 9.54. The Morgan fingerprint density at radius 3 is 2.44 bits per heavy atom. The monoisotopic (exact) mass is 473 g/mol. The minimum absolute atomic E-state index is 0.0486. The number of halogens is 1. The van der Waals surface area contributed by atoms with Gasteiger partial charge < -0.3 is 14.2 Å². The molecule has 0 bridgehead atoms. The van der Waals surface area contributed by atoms with Crippen LogP contribution in [0.1, 0.15) is 16.3 Å². The summed E-state index contributed by atoms with van der Waals surface area (Å²) in [5.74, 6) is 0.623. The number of nitro groups is 1. The van der Waals surface area contributed by atoms with Crippen molar-refractivity contribution in [1.29, 1.82) is 0 Å². The number of benzene rings is 2. The molecular weight excluding hydrogens is 454 g/mol. The van der Waals surface area contributed by atoms with E-state index < -0.39 is 15.7 Å². The third-order valence-electron chi connectivity index (χ3n) is 5.20. The van der Waals surface area contributed by atoms with Gasteiger partial charge in [0.25, 0.3) is 11.6 Å². The molecule has 0 unspecified atom stereocenters. The van der Waals surface area contributed by atoms with Crippen LogP contribution in [0.25, 0.3) is 0 Å². The van der Waals surface area contributed by atoms with Gasteiger partial charge in [0.1, 0.15) is 5.76 Å². The summed E-state index contributed by atoms with van der Waals surface area (Å²) >= 11 is 5.95. The van der Waals surface area contributed by atoms with E-state index in [0.29, 0.717) is 41.9 Å². The van der Waals surface area contributed by atoms with Gasteiger partial charge in [-0.2, -0.15) is 0 Å². The van der Waals surface area contributed by atoms with E-state index in [2.05, 4.69) is 4.90 Å². The largest absolute Gasteiger partial charge is 0.455 e. The van der Waals surface area contributed by atoms with Gasteiger partial charge in [0, 0.05) is 53.9 Å². The van der Waals surface area contributed by atoms with Crippen molar-refractivity contribution in [2.45, 2.75) is 10.6 Å². The van der Waals surface area contributed by atoms with E-state index >= 15 is 0 Å². The van der Waals surface area contributed by atoms with E-state index in [-0.39, 0.29) is 23.1 Å². The van der Waals surface area contributed by atoms with Gasteiger partial charge >= 0.3 is 0 Å². The highest BCUT2D eigenvalue weighted by atomic mass is 35.5. The molecule has 1 aliphatic heterocycles. The molecule has 1 aromatic heterocycles. The number of piperazine rings is 1. The van der Waals surface area contributed by atoms with Crippen molar-refractivity contribution in [1.82, 2.24) is 4.90 Å². The molecule has 3 aromatic rings. The van der Waals surface area contributed by atoms with Gasteiger partial charge in [0.15, 0.2) is 5.76 Å². The molecule has 0 N–H and O–H groups in total. The molecule has 4 rings (SSSR count). The summed E-state index contributed by atoms with van der Waals surface area (Å²) in [5, 5.41) is 11.3. The van der Waals surface area contributed by atoms with E-state index in [9.17, 15) is 19.1 Å². The number of carbonyl (C=O) groups is 1. The van der Waals surface area contributed by atoms with E-state index in [1.54, 1.807) is 53.4 Å². The fraction of sp³-hybridized carbons (Fsp3) is 0.227. The van der Waals surface area contributed by atoms with Crippen LogP contribution >= 0.6 is 11.6 Å². The standard InChI is InChI=1S/C22H20ClN3O5S/c23-16-2-1-3-20(14-16)32(30)15-19-8-9-21(31-19)22(27)25-12-10-24(11-13-25)17-4-6-18(7-5-17)26(28)29/h1-9,14H,10-13,15H2/t32-/m0/s1. The smallest absolute Gasteiger partial charge is 0.289 e. The van der Waals surface area contributed by atoms with Gasteiger partial charge in [-0.15, -0.1) is 0 Å². The van der Waals surface area contributed by atoms with Gasteiger partial charge in [-0.3, -0.25) is 19.1 Å². The van der Waals surface area contributed by atoms with E-state index in [4.69, 9.17) is 16.0 Å². The Balaban J connectivity index is 1.34. The Morgan fingerprint density at radius 2 is 1.78 bits per heavy atom. The topological polar surface area (TPSA) is 96.9 Å². The lowest BCUT2D eigenvalue weighted by Gasteiger charge is -2.35. The van der Waals surface area contributed by atoms with Gasteiger partial charge in [0.2, 0.25) is 0 Å². The van der Waals surface area contributed by atoms with Crippen molar-refractivity contribution < 1.29 is 18.3 Å². The van der Waals surface area contributed by atoms with Gasteiger partial charge in [0.05, 0.1) is 21.5 Å². The molecule has 0 radical (unpaired) electrons. The number of anilines is 1. The van der Waals surface area contributed by atoms with Crippen LogP contribution in [-0.2, 0) is 16.6 Å². The van der Waals surface area contributed by atoms with Crippen molar-refractivity contribution in [2.24, 2.45) is 0 Å². The first-order chi connectivity index (χ1) is 15.4. The summed E-state index contributed by atoms with van der Waals surface area (Å²) in [6.45, 7) is 2.21. The molecule has 0 spiro atoms. The van der Waals surface area contributed by atoms with Crippen molar-refractivity contribution in [3.05, 3.63) is 87.3 Å². The fourth-order valence-corrected chi connectivity index (χ4v) is 4.82. The Hall–Kier alpha value is -3.17. The molecule has 32 heavy (non-hydrogen) atoms. The van der Waals surface area contributed by atoms with Crippen molar-refractivity contribution in [3.63, 3.8) is 0 Å². The van der Waals surface area contributed by atoms with Gasteiger partial charge in [-0.1, -0.05) is 17.7 Å². The predicted octanol–water partition coefficient (Wildman–Crippen LogP) is 4.11. The fourth-order valence-electron chi connectivity index (χ4n) is 3.50. The number of hydrogen-bond acceptors (Lipinski definition) is 6. The average molecular weight is 474 g/mol. The first-order valence-corrected chi connectivity index (χ1v) is 11.6. The lowest BCUT2D eigenvalue weighted by molar-refractivity contribution is -0.384. The number of non-ortho nitro benzene ring substituents is 1. The first kappa shape index (κ1) is 22.0. The van der Waals surface area contributed by atoms with E-state index in [0.717, 1.165) is 5.69 Å². The van der Waals surface area contributed by atoms with Crippen LogP contribution in [-0.4, -0.2) is 46.1 Å². The maximum absolute atomic E-state index is 12.8. The Kier molecular flexibility index (Phi) is 6.57. The molecule has 166 valence electrons. The number of hydrogen-bond donors (Lipinski definition) is 0. The first-order valence-electron chi connectivity index (χ1n) is 9.92.